The molecular weight excluding hydrogens is 377 g/mol. The standard InChI is InChI=1S/C11H14IN5O3/c1-2-4-6(18)7(19)10(20-4)17-3-14-5-8(13)15-11(12)16-9(5)17/h3-4,6-7,10,18-19H,2H2,1H3,(H2,13,15,16). The zero-order valence-electron chi connectivity index (χ0n) is 10.6. The zero-order valence-corrected chi connectivity index (χ0v) is 12.8. The number of hydrogen-bond donors (Lipinski definition) is 3. The van der Waals surface area contributed by atoms with E-state index in [9.17, 15) is 10.2 Å². The van der Waals surface area contributed by atoms with Gasteiger partial charge in [0.1, 0.15) is 17.7 Å². The monoisotopic (exact) mass is 391 g/mol. The van der Waals surface area contributed by atoms with Crippen LogP contribution in [0.3, 0.4) is 0 Å². The van der Waals surface area contributed by atoms with Crippen molar-refractivity contribution < 1.29 is 14.9 Å². The van der Waals surface area contributed by atoms with Crippen LogP contribution in [-0.4, -0.2) is 48.0 Å². The van der Waals surface area contributed by atoms with Crippen LogP contribution in [0, 0.1) is 3.83 Å². The topological polar surface area (TPSA) is 119 Å². The van der Waals surface area contributed by atoms with E-state index in [1.165, 1.54) is 6.33 Å². The quantitative estimate of drug-likeness (QED) is 0.489. The van der Waals surface area contributed by atoms with Crippen LogP contribution in [0.4, 0.5) is 5.82 Å². The molecular formula is C11H14IN5O3. The summed E-state index contributed by atoms with van der Waals surface area (Å²) in [6.07, 6.45) is -1.01. The van der Waals surface area contributed by atoms with Gasteiger partial charge in [-0.3, -0.25) is 4.57 Å². The van der Waals surface area contributed by atoms with Gasteiger partial charge >= 0.3 is 0 Å². The van der Waals surface area contributed by atoms with Crippen LogP contribution in [-0.2, 0) is 4.74 Å². The van der Waals surface area contributed by atoms with Crippen LogP contribution >= 0.6 is 22.6 Å². The third-order valence-corrected chi connectivity index (χ3v) is 3.92. The molecule has 0 aliphatic carbocycles. The molecule has 1 aliphatic rings. The Hall–Kier alpha value is -1.04. The van der Waals surface area contributed by atoms with Gasteiger partial charge in [0.15, 0.2) is 21.5 Å². The Labute approximate surface area is 128 Å². The number of aliphatic hydroxyl groups is 2. The number of imidazole rings is 1. The fourth-order valence-electron chi connectivity index (χ4n) is 2.39. The molecule has 4 unspecified atom stereocenters. The van der Waals surface area contributed by atoms with Gasteiger partial charge in [-0.25, -0.2) is 15.0 Å². The predicted octanol–water partition coefficient (Wildman–Crippen LogP) is 0.0423. The zero-order chi connectivity index (χ0) is 14.4. The lowest BCUT2D eigenvalue weighted by atomic mass is 10.1. The second-order valence-corrected chi connectivity index (χ2v) is 5.62. The summed E-state index contributed by atoms with van der Waals surface area (Å²) in [4.78, 5) is 12.5. The highest BCUT2D eigenvalue weighted by Crippen LogP contribution is 2.33. The van der Waals surface area contributed by atoms with Crippen molar-refractivity contribution in [1.82, 2.24) is 19.5 Å². The van der Waals surface area contributed by atoms with Crippen molar-refractivity contribution in [1.29, 1.82) is 0 Å². The summed E-state index contributed by atoms with van der Waals surface area (Å²) in [5, 5.41) is 20.1. The van der Waals surface area contributed by atoms with Crippen molar-refractivity contribution in [3.8, 4) is 0 Å². The highest BCUT2D eigenvalue weighted by atomic mass is 127. The molecule has 0 spiro atoms. The van der Waals surface area contributed by atoms with Gasteiger partial charge in [-0.2, -0.15) is 0 Å². The lowest BCUT2D eigenvalue weighted by Crippen LogP contribution is -2.31. The Balaban J connectivity index is 2.07. The lowest BCUT2D eigenvalue weighted by molar-refractivity contribution is -0.0355. The van der Waals surface area contributed by atoms with Crippen LogP contribution in [0.1, 0.15) is 19.6 Å². The number of ether oxygens (including phenoxy) is 1. The Bertz CT molecular complexity index is 648. The van der Waals surface area contributed by atoms with Crippen molar-refractivity contribution in [2.75, 3.05) is 5.73 Å². The second kappa shape index (κ2) is 5.06. The summed E-state index contributed by atoms with van der Waals surface area (Å²) in [5.74, 6) is 0.276. The van der Waals surface area contributed by atoms with Gasteiger partial charge in [-0.15, -0.1) is 0 Å². The fraction of sp³-hybridized carbons (Fsp3) is 0.545. The molecule has 2 aromatic heterocycles. The SMILES string of the molecule is CCC1OC(n2cnc3c(N)nc(I)nc32)C(O)C1O. The predicted molar refractivity (Wildman–Crippen MR) is 78.7 cm³/mol. The first kappa shape index (κ1) is 13.9. The van der Waals surface area contributed by atoms with E-state index in [2.05, 4.69) is 15.0 Å². The number of rotatable bonds is 2. The number of aliphatic hydroxyl groups excluding tert-OH is 2. The fourth-order valence-corrected chi connectivity index (χ4v) is 2.88. The van der Waals surface area contributed by atoms with E-state index in [1.807, 2.05) is 29.5 Å². The Morgan fingerprint density at radius 1 is 1.40 bits per heavy atom. The molecule has 1 saturated heterocycles. The molecule has 9 heteroatoms. The van der Waals surface area contributed by atoms with Gasteiger partial charge in [0.25, 0.3) is 0 Å². The van der Waals surface area contributed by atoms with Crippen LogP contribution in [0.25, 0.3) is 11.2 Å². The maximum absolute atomic E-state index is 10.1. The molecule has 3 heterocycles. The minimum absolute atomic E-state index is 0.276. The van der Waals surface area contributed by atoms with Gasteiger partial charge < -0.3 is 20.7 Å². The molecule has 0 bridgehead atoms. The van der Waals surface area contributed by atoms with Gasteiger partial charge in [0, 0.05) is 22.6 Å². The van der Waals surface area contributed by atoms with E-state index in [1.54, 1.807) is 4.57 Å². The van der Waals surface area contributed by atoms with Crippen molar-refractivity contribution >= 4 is 39.6 Å². The number of halogens is 1. The lowest BCUT2D eigenvalue weighted by Gasteiger charge is -2.16. The molecule has 0 amide bonds. The normalized spacial score (nSPS) is 30.2. The van der Waals surface area contributed by atoms with Gasteiger partial charge in [0.05, 0.1) is 12.4 Å². The van der Waals surface area contributed by atoms with E-state index >= 15 is 0 Å². The number of nitrogen functional groups attached to an aromatic ring is 1. The summed E-state index contributed by atoms with van der Waals surface area (Å²) in [6.45, 7) is 1.89. The molecule has 4 N–H and O–H groups in total. The van der Waals surface area contributed by atoms with Crippen molar-refractivity contribution in [3.63, 3.8) is 0 Å². The largest absolute Gasteiger partial charge is 0.388 e. The van der Waals surface area contributed by atoms with Gasteiger partial charge in [-0.1, -0.05) is 6.92 Å². The number of aromatic nitrogens is 4. The van der Waals surface area contributed by atoms with Crippen molar-refractivity contribution in [3.05, 3.63) is 10.2 Å². The molecule has 20 heavy (non-hydrogen) atoms. The maximum Gasteiger partial charge on any atom is 0.194 e. The average Bonchev–Trinajstić information content (AvgIpc) is 2.93. The molecule has 0 radical (unpaired) electrons. The summed E-state index contributed by atoms with van der Waals surface area (Å²) >= 11 is 1.96. The van der Waals surface area contributed by atoms with E-state index in [-0.39, 0.29) is 5.82 Å². The maximum atomic E-state index is 10.1. The smallest absolute Gasteiger partial charge is 0.194 e. The van der Waals surface area contributed by atoms with E-state index in [0.29, 0.717) is 21.4 Å². The van der Waals surface area contributed by atoms with Crippen molar-refractivity contribution in [2.24, 2.45) is 0 Å². The van der Waals surface area contributed by atoms with Gasteiger partial charge in [0.2, 0.25) is 0 Å². The number of hydrogen-bond acceptors (Lipinski definition) is 7. The summed E-state index contributed by atoms with van der Waals surface area (Å²) in [6, 6.07) is 0. The molecule has 8 nitrogen and oxygen atoms in total. The van der Waals surface area contributed by atoms with Crippen LogP contribution in [0.2, 0.25) is 0 Å². The Kier molecular flexibility index (Phi) is 3.52. The van der Waals surface area contributed by atoms with E-state index < -0.39 is 24.5 Å². The van der Waals surface area contributed by atoms with Crippen LogP contribution < -0.4 is 5.73 Å². The molecule has 0 aromatic carbocycles. The third-order valence-electron chi connectivity index (χ3n) is 3.43. The Morgan fingerprint density at radius 2 is 2.15 bits per heavy atom. The molecule has 3 rings (SSSR count). The van der Waals surface area contributed by atoms with E-state index in [0.717, 1.165) is 0 Å². The molecule has 1 aliphatic heterocycles. The van der Waals surface area contributed by atoms with Crippen LogP contribution in [0.15, 0.2) is 6.33 Å². The summed E-state index contributed by atoms with van der Waals surface area (Å²) < 4.78 is 7.75. The third kappa shape index (κ3) is 2.05. The summed E-state index contributed by atoms with van der Waals surface area (Å²) in [7, 11) is 0. The Morgan fingerprint density at radius 3 is 2.80 bits per heavy atom. The van der Waals surface area contributed by atoms with E-state index in [4.69, 9.17) is 10.5 Å². The first-order chi connectivity index (χ1) is 9.52. The second-order valence-electron chi connectivity index (χ2n) is 4.66. The first-order valence-corrected chi connectivity index (χ1v) is 7.28. The molecule has 4 atom stereocenters. The first-order valence-electron chi connectivity index (χ1n) is 6.20. The minimum atomic E-state index is -1.04. The number of anilines is 1. The number of fused-ring (bicyclic) bond motifs is 1. The molecule has 2 aromatic rings. The highest BCUT2D eigenvalue weighted by Gasteiger charge is 2.43. The molecule has 1 fully saturated rings. The molecule has 108 valence electrons. The minimum Gasteiger partial charge on any atom is -0.388 e. The van der Waals surface area contributed by atoms with Gasteiger partial charge in [-0.05, 0) is 6.42 Å². The highest BCUT2D eigenvalue weighted by molar-refractivity contribution is 14.1. The van der Waals surface area contributed by atoms with Crippen molar-refractivity contribution in [2.45, 2.75) is 37.9 Å². The average molecular weight is 391 g/mol. The number of nitrogens with zero attached hydrogens (tertiary/aromatic N) is 4. The van der Waals surface area contributed by atoms with Crippen LogP contribution in [0.5, 0.6) is 0 Å². The number of nitrogens with two attached hydrogens (primary N) is 1. The molecule has 0 saturated carbocycles. The summed E-state index contributed by atoms with van der Waals surface area (Å²) in [5.41, 5.74) is 6.74.